The van der Waals surface area contributed by atoms with Gasteiger partial charge in [0, 0.05) is 37.5 Å². The number of aliphatic hydroxyl groups is 1. The quantitative estimate of drug-likeness (QED) is 0.264. The second-order valence-electron chi connectivity index (χ2n) is 9.52. The largest absolute Gasteiger partial charge is 0.507 e. The lowest BCUT2D eigenvalue weighted by atomic mass is 9.94. The number of imidazole rings is 1. The van der Waals surface area contributed by atoms with Gasteiger partial charge in [-0.1, -0.05) is 19.1 Å². The van der Waals surface area contributed by atoms with Gasteiger partial charge in [-0.15, -0.1) is 0 Å². The summed E-state index contributed by atoms with van der Waals surface area (Å²) in [7, 11) is 0. The molecule has 1 N–H and O–H groups in total. The molecule has 37 heavy (non-hydrogen) atoms. The van der Waals surface area contributed by atoms with Crippen LogP contribution in [0.25, 0.3) is 5.76 Å². The third-order valence-electron chi connectivity index (χ3n) is 6.73. The molecule has 1 fully saturated rings. The van der Waals surface area contributed by atoms with Crippen molar-refractivity contribution in [3.8, 4) is 11.5 Å². The number of aromatic nitrogens is 2. The van der Waals surface area contributed by atoms with Crippen molar-refractivity contribution in [3.63, 3.8) is 0 Å². The summed E-state index contributed by atoms with van der Waals surface area (Å²) in [5.41, 5.74) is 2.27. The molecule has 8 heteroatoms. The van der Waals surface area contributed by atoms with Crippen LogP contribution >= 0.6 is 0 Å². The number of benzene rings is 2. The van der Waals surface area contributed by atoms with Gasteiger partial charge in [0.1, 0.15) is 23.4 Å². The van der Waals surface area contributed by atoms with Crippen LogP contribution in [-0.4, -0.2) is 50.5 Å². The highest BCUT2D eigenvalue weighted by molar-refractivity contribution is 6.46. The van der Waals surface area contributed by atoms with Gasteiger partial charge in [0.25, 0.3) is 11.7 Å². The Morgan fingerprint density at radius 3 is 2.84 bits per heavy atom. The number of fused-ring (bicyclic) bond motifs is 1. The number of hydrogen-bond donors (Lipinski definition) is 1. The summed E-state index contributed by atoms with van der Waals surface area (Å²) >= 11 is 0. The number of carbonyl (C=O) groups excluding carboxylic acids is 2. The molecule has 0 bridgehead atoms. The second-order valence-corrected chi connectivity index (χ2v) is 9.52. The Labute approximate surface area is 216 Å². The number of amides is 1. The van der Waals surface area contributed by atoms with E-state index >= 15 is 0 Å². The summed E-state index contributed by atoms with van der Waals surface area (Å²) in [4.78, 5) is 32.3. The molecular formula is C29H31N3O5. The zero-order valence-electron chi connectivity index (χ0n) is 21.1. The third kappa shape index (κ3) is 4.96. The van der Waals surface area contributed by atoms with Crippen LogP contribution in [0.4, 0.5) is 0 Å². The third-order valence-corrected chi connectivity index (χ3v) is 6.73. The van der Waals surface area contributed by atoms with Crippen molar-refractivity contribution in [1.82, 2.24) is 14.5 Å². The molecule has 0 radical (unpaired) electrons. The molecule has 3 aromatic rings. The van der Waals surface area contributed by atoms with Gasteiger partial charge in [0.05, 0.1) is 24.5 Å². The first-order chi connectivity index (χ1) is 18.0. The normalized spacial score (nSPS) is 20.2. The maximum Gasteiger partial charge on any atom is 0.295 e. The van der Waals surface area contributed by atoms with E-state index in [2.05, 4.69) is 4.98 Å². The van der Waals surface area contributed by atoms with Gasteiger partial charge in [-0.2, -0.15) is 0 Å². The zero-order chi connectivity index (χ0) is 25.9. The van der Waals surface area contributed by atoms with E-state index in [1.165, 1.54) is 0 Å². The minimum atomic E-state index is -0.726. The van der Waals surface area contributed by atoms with Gasteiger partial charge in [-0.05, 0) is 61.2 Å². The van der Waals surface area contributed by atoms with Crippen molar-refractivity contribution in [1.29, 1.82) is 0 Å². The summed E-state index contributed by atoms with van der Waals surface area (Å²) in [5, 5.41) is 11.4. The number of aliphatic hydroxyl groups excluding tert-OH is 1. The number of likely N-dealkylation sites (tertiary alicyclic amines) is 1. The maximum absolute atomic E-state index is 13.4. The Balaban J connectivity index is 1.53. The van der Waals surface area contributed by atoms with Crippen LogP contribution in [0, 0.1) is 0 Å². The van der Waals surface area contributed by atoms with E-state index in [0.717, 1.165) is 29.7 Å². The average molecular weight is 502 g/mol. The van der Waals surface area contributed by atoms with Gasteiger partial charge < -0.3 is 24.0 Å². The molecule has 0 unspecified atom stereocenters. The highest BCUT2D eigenvalue weighted by Gasteiger charge is 2.46. The van der Waals surface area contributed by atoms with Gasteiger partial charge in [0.15, 0.2) is 0 Å². The lowest BCUT2D eigenvalue weighted by molar-refractivity contribution is -0.139. The van der Waals surface area contributed by atoms with E-state index in [1.807, 2.05) is 61.0 Å². The van der Waals surface area contributed by atoms with Crippen LogP contribution in [0.3, 0.4) is 0 Å². The average Bonchev–Trinajstić information content (AvgIpc) is 3.61. The first-order valence-corrected chi connectivity index (χ1v) is 12.7. The van der Waals surface area contributed by atoms with E-state index in [4.69, 9.17) is 9.47 Å². The number of ketones is 1. The molecule has 0 aliphatic carbocycles. The fourth-order valence-corrected chi connectivity index (χ4v) is 5.02. The molecule has 1 amide bonds. The Bertz CT molecular complexity index is 1330. The van der Waals surface area contributed by atoms with Crippen molar-refractivity contribution in [3.05, 3.63) is 83.4 Å². The van der Waals surface area contributed by atoms with Gasteiger partial charge in [-0.3, -0.25) is 9.59 Å². The van der Waals surface area contributed by atoms with Crippen LogP contribution in [0.2, 0.25) is 0 Å². The molecule has 2 aromatic carbocycles. The van der Waals surface area contributed by atoms with Crippen LogP contribution in [0.15, 0.2) is 66.8 Å². The lowest BCUT2D eigenvalue weighted by Gasteiger charge is -2.26. The number of hydrogen-bond acceptors (Lipinski definition) is 6. The molecule has 8 nitrogen and oxygen atoms in total. The van der Waals surface area contributed by atoms with E-state index < -0.39 is 17.7 Å². The Morgan fingerprint density at radius 2 is 2.05 bits per heavy atom. The van der Waals surface area contributed by atoms with Crippen LogP contribution in [-0.2, 0) is 22.6 Å². The molecule has 5 rings (SSSR count). The maximum atomic E-state index is 13.4. The van der Waals surface area contributed by atoms with Gasteiger partial charge in [-0.25, -0.2) is 4.98 Å². The molecule has 2 aliphatic rings. The summed E-state index contributed by atoms with van der Waals surface area (Å²) in [6.45, 7) is 5.58. The number of nitrogens with zero attached hydrogens (tertiary/aromatic N) is 3. The highest BCUT2D eigenvalue weighted by Crippen LogP contribution is 2.41. The predicted molar refractivity (Wildman–Crippen MR) is 138 cm³/mol. The predicted octanol–water partition coefficient (Wildman–Crippen LogP) is 4.51. The smallest absolute Gasteiger partial charge is 0.295 e. The van der Waals surface area contributed by atoms with Crippen LogP contribution in [0.5, 0.6) is 11.5 Å². The zero-order valence-corrected chi connectivity index (χ0v) is 21.1. The summed E-state index contributed by atoms with van der Waals surface area (Å²) in [6, 6.07) is 12.1. The highest BCUT2D eigenvalue weighted by atomic mass is 16.5. The van der Waals surface area contributed by atoms with Gasteiger partial charge in [0.2, 0.25) is 0 Å². The molecule has 2 atom stereocenters. The Kier molecular flexibility index (Phi) is 6.99. The number of Topliss-reactive ketones (excluding diaryl/α,β-unsaturated/α-hetero) is 1. The molecule has 0 spiro atoms. The second kappa shape index (κ2) is 10.5. The van der Waals surface area contributed by atoms with Crippen molar-refractivity contribution in [2.75, 3.05) is 13.2 Å². The molecule has 1 saturated heterocycles. The lowest BCUT2D eigenvalue weighted by Crippen LogP contribution is -2.31. The van der Waals surface area contributed by atoms with Gasteiger partial charge >= 0.3 is 0 Å². The van der Waals surface area contributed by atoms with Crippen molar-refractivity contribution >= 4 is 17.4 Å². The fraction of sp³-hybridized carbons (Fsp3) is 0.345. The summed E-state index contributed by atoms with van der Waals surface area (Å²) in [5.74, 6) is -0.0404. The molecular weight excluding hydrogens is 470 g/mol. The van der Waals surface area contributed by atoms with Crippen LogP contribution in [0.1, 0.15) is 49.4 Å². The molecule has 3 heterocycles. The van der Waals surface area contributed by atoms with E-state index in [1.54, 1.807) is 23.5 Å². The molecule has 192 valence electrons. The first-order valence-electron chi connectivity index (χ1n) is 12.7. The number of ether oxygens (including phenoxy) is 2. The fourth-order valence-electron chi connectivity index (χ4n) is 5.02. The van der Waals surface area contributed by atoms with E-state index in [0.29, 0.717) is 37.4 Å². The minimum absolute atomic E-state index is 0.0549. The Hall–Kier alpha value is -4.07. The summed E-state index contributed by atoms with van der Waals surface area (Å²) in [6.07, 6.45) is 7.55. The first kappa shape index (κ1) is 24.6. The standard InChI is InChI=1S/C29H31N3O5/c1-3-14-36-23-7-4-6-20(17-23)26-25(27(33)21-8-9-24-22(16-21)15-19(2)37-24)28(34)29(35)32(26)12-5-11-31-13-10-30-18-31/h4,6-10,13,16-19,26,33H,3,5,11-12,14-15H2,1-2H3/t19-,26-/m1/s1. The SMILES string of the molecule is CCCOc1cccc([C@@H]2C(=C(O)c3ccc4c(c3)C[C@@H](C)O4)C(=O)C(=O)N2CCCn2ccnc2)c1. The summed E-state index contributed by atoms with van der Waals surface area (Å²) < 4.78 is 13.5. The van der Waals surface area contributed by atoms with Crippen molar-refractivity contribution in [2.24, 2.45) is 0 Å². The molecule has 2 aliphatic heterocycles. The number of carbonyl (C=O) groups is 2. The van der Waals surface area contributed by atoms with Crippen molar-refractivity contribution < 1.29 is 24.2 Å². The van der Waals surface area contributed by atoms with Crippen molar-refractivity contribution in [2.45, 2.75) is 51.8 Å². The number of aryl methyl sites for hydroxylation is 1. The Morgan fingerprint density at radius 1 is 1.19 bits per heavy atom. The topological polar surface area (TPSA) is 93.9 Å². The molecule has 0 saturated carbocycles. The minimum Gasteiger partial charge on any atom is -0.507 e. The van der Waals surface area contributed by atoms with E-state index in [9.17, 15) is 14.7 Å². The molecule has 1 aromatic heterocycles. The van der Waals surface area contributed by atoms with E-state index in [-0.39, 0.29) is 17.4 Å². The van der Waals surface area contributed by atoms with Crippen LogP contribution < -0.4 is 9.47 Å². The monoisotopic (exact) mass is 501 g/mol. The number of rotatable bonds is 9.